The lowest BCUT2D eigenvalue weighted by molar-refractivity contribution is -0.129. The molecule has 2 unspecified atom stereocenters. The van der Waals surface area contributed by atoms with Gasteiger partial charge in [0.1, 0.15) is 11.5 Å². The Balaban J connectivity index is 1.90. The van der Waals surface area contributed by atoms with Crippen LogP contribution in [-0.4, -0.2) is 49.1 Å². The highest BCUT2D eigenvalue weighted by Crippen LogP contribution is 2.23. The monoisotopic (exact) mass is 484 g/mol. The Morgan fingerprint density at radius 3 is 1.31 bits per heavy atom. The van der Waals surface area contributed by atoms with Crippen molar-refractivity contribution in [2.45, 2.75) is 52.7 Å². The molecule has 0 saturated heterocycles. The van der Waals surface area contributed by atoms with Crippen molar-refractivity contribution in [3.05, 3.63) is 59.7 Å². The van der Waals surface area contributed by atoms with Crippen LogP contribution in [0.5, 0.6) is 11.5 Å². The Hall–Kier alpha value is -3.88. The van der Waals surface area contributed by atoms with Crippen LogP contribution < -0.4 is 15.4 Å². The van der Waals surface area contributed by atoms with E-state index < -0.39 is 24.1 Å². The van der Waals surface area contributed by atoms with Gasteiger partial charge in [-0.1, -0.05) is 13.8 Å². The first kappa shape index (κ1) is 27.4. The van der Waals surface area contributed by atoms with Crippen molar-refractivity contribution in [3.63, 3.8) is 0 Å². The van der Waals surface area contributed by atoms with E-state index in [1.807, 2.05) is 13.8 Å². The minimum atomic E-state index is -0.899. The number of carbonyl (C=O) groups is 4. The number of carbonyl (C=O) groups excluding carboxylic acids is 4. The summed E-state index contributed by atoms with van der Waals surface area (Å²) in [7, 11) is 0. The molecule has 2 aromatic carbocycles. The van der Waals surface area contributed by atoms with Gasteiger partial charge in [0.2, 0.25) is 0 Å². The van der Waals surface area contributed by atoms with Crippen LogP contribution in [-0.2, 0) is 19.1 Å². The summed E-state index contributed by atoms with van der Waals surface area (Å²) in [6.07, 6.45) is -0.220. The summed E-state index contributed by atoms with van der Waals surface area (Å²) in [6, 6.07) is 12.5. The molecule has 0 heterocycles. The average molecular weight is 485 g/mol. The zero-order chi connectivity index (χ0) is 25.8. The van der Waals surface area contributed by atoms with Crippen LogP contribution in [0.2, 0.25) is 0 Å². The Labute approximate surface area is 205 Å². The van der Waals surface area contributed by atoms with Crippen LogP contribution in [0.1, 0.15) is 61.3 Å². The van der Waals surface area contributed by atoms with Crippen LogP contribution >= 0.6 is 0 Å². The van der Waals surface area contributed by atoms with Crippen molar-refractivity contribution in [1.29, 1.82) is 0 Å². The summed E-state index contributed by atoms with van der Waals surface area (Å²) in [4.78, 5) is 48.2. The van der Waals surface area contributed by atoms with E-state index in [0.29, 0.717) is 24.6 Å². The summed E-state index contributed by atoms with van der Waals surface area (Å²) in [5, 5.41) is 5.35. The maximum Gasteiger partial charge on any atom is 0.338 e. The highest BCUT2D eigenvalue weighted by molar-refractivity contribution is 5.93. The SMILES string of the molecule is CCCNC(=O)C(C)OC(=O)c1ccc(Oc2ccc(C(=O)OC(C)C(=O)NCCC)cc2)cc1. The fourth-order valence-electron chi connectivity index (χ4n) is 2.80. The molecule has 0 bridgehead atoms. The Morgan fingerprint density at radius 1 is 0.657 bits per heavy atom. The zero-order valence-corrected chi connectivity index (χ0v) is 20.5. The largest absolute Gasteiger partial charge is 0.457 e. The van der Waals surface area contributed by atoms with Gasteiger partial charge < -0.3 is 24.8 Å². The summed E-state index contributed by atoms with van der Waals surface area (Å²) in [6.45, 7) is 7.93. The number of esters is 2. The van der Waals surface area contributed by atoms with Gasteiger partial charge in [0, 0.05) is 13.1 Å². The standard InChI is InChI=1S/C26H32N2O7/c1-5-15-27-23(29)17(3)33-25(31)19-7-11-21(12-8-19)35-22-13-9-20(10-14-22)26(32)34-18(4)24(30)28-16-6-2/h7-14,17-18H,5-6,15-16H2,1-4H3,(H,27,29)(H,28,30). The third-order valence-electron chi connectivity index (χ3n) is 4.82. The third kappa shape index (κ3) is 8.77. The lowest BCUT2D eigenvalue weighted by Crippen LogP contribution is -2.36. The number of benzene rings is 2. The number of hydrogen-bond donors (Lipinski definition) is 2. The fraction of sp³-hybridized carbons (Fsp3) is 0.385. The van der Waals surface area contributed by atoms with Crippen LogP contribution in [0.25, 0.3) is 0 Å². The van der Waals surface area contributed by atoms with Gasteiger partial charge in [-0.2, -0.15) is 0 Å². The van der Waals surface area contributed by atoms with Crippen LogP contribution in [0.3, 0.4) is 0 Å². The lowest BCUT2D eigenvalue weighted by Gasteiger charge is -2.14. The molecule has 2 atom stereocenters. The zero-order valence-electron chi connectivity index (χ0n) is 20.5. The van der Waals surface area contributed by atoms with Gasteiger partial charge in [0.25, 0.3) is 11.8 Å². The van der Waals surface area contributed by atoms with Gasteiger partial charge in [-0.3, -0.25) is 9.59 Å². The van der Waals surface area contributed by atoms with Crippen LogP contribution in [0.15, 0.2) is 48.5 Å². The van der Waals surface area contributed by atoms with Crippen molar-refractivity contribution in [1.82, 2.24) is 10.6 Å². The first-order valence-electron chi connectivity index (χ1n) is 11.6. The molecule has 0 aliphatic heterocycles. The summed E-state index contributed by atoms with van der Waals surface area (Å²) in [5.74, 6) is -0.991. The molecule has 9 nitrogen and oxygen atoms in total. The second-order valence-electron chi connectivity index (χ2n) is 7.83. The molecule has 0 aromatic heterocycles. The number of rotatable bonds is 12. The normalized spacial score (nSPS) is 12.1. The van der Waals surface area contributed by atoms with E-state index in [-0.39, 0.29) is 22.9 Å². The van der Waals surface area contributed by atoms with Gasteiger partial charge in [0.15, 0.2) is 12.2 Å². The lowest BCUT2D eigenvalue weighted by atomic mass is 10.2. The second kappa shape index (κ2) is 13.7. The molecule has 0 fully saturated rings. The van der Waals surface area contributed by atoms with Gasteiger partial charge in [-0.05, 0) is 75.2 Å². The van der Waals surface area contributed by atoms with Crippen molar-refractivity contribution in [2.24, 2.45) is 0 Å². The second-order valence-corrected chi connectivity index (χ2v) is 7.83. The maximum absolute atomic E-state index is 12.3. The summed E-state index contributed by atoms with van der Waals surface area (Å²) < 4.78 is 16.1. The number of amides is 2. The first-order valence-corrected chi connectivity index (χ1v) is 11.6. The molecular weight excluding hydrogens is 452 g/mol. The van der Waals surface area contributed by atoms with Crippen LogP contribution in [0, 0.1) is 0 Å². The highest BCUT2D eigenvalue weighted by atomic mass is 16.6. The first-order chi connectivity index (χ1) is 16.7. The number of hydrogen-bond acceptors (Lipinski definition) is 7. The minimum absolute atomic E-state index is 0.280. The van der Waals surface area contributed by atoms with Gasteiger partial charge in [0.05, 0.1) is 11.1 Å². The predicted octanol–water partition coefficient (Wildman–Crippen LogP) is 3.62. The van der Waals surface area contributed by atoms with Crippen molar-refractivity contribution in [3.8, 4) is 11.5 Å². The molecule has 0 radical (unpaired) electrons. The van der Waals surface area contributed by atoms with Crippen LogP contribution in [0.4, 0.5) is 0 Å². The van der Waals surface area contributed by atoms with E-state index in [1.165, 1.54) is 38.1 Å². The molecule has 2 amide bonds. The Bertz CT molecular complexity index is 922. The number of ether oxygens (including phenoxy) is 3. The Morgan fingerprint density at radius 2 is 1.00 bits per heavy atom. The van der Waals surface area contributed by atoms with Crippen molar-refractivity contribution in [2.75, 3.05) is 13.1 Å². The molecule has 2 aromatic rings. The smallest absolute Gasteiger partial charge is 0.338 e. The summed E-state index contributed by atoms with van der Waals surface area (Å²) in [5.41, 5.74) is 0.561. The predicted molar refractivity (Wildman–Crippen MR) is 129 cm³/mol. The molecule has 0 spiro atoms. The quantitative estimate of drug-likeness (QED) is 0.442. The highest BCUT2D eigenvalue weighted by Gasteiger charge is 2.19. The number of nitrogens with one attached hydrogen (secondary N) is 2. The van der Waals surface area contributed by atoms with E-state index in [2.05, 4.69) is 10.6 Å². The van der Waals surface area contributed by atoms with Crippen molar-refractivity contribution < 1.29 is 33.4 Å². The van der Waals surface area contributed by atoms with E-state index >= 15 is 0 Å². The van der Waals surface area contributed by atoms with Crippen molar-refractivity contribution >= 4 is 23.8 Å². The summed E-state index contributed by atoms with van der Waals surface area (Å²) >= 11 is 0. The van der Waals surface area contributed by atoms with E-state index in [1.54, 1.807) is 24.3 Å². The van der Waals surface area contributed by atoms with Gasteiger partial charge in [-0.25, -0.2) is 9.59 Å². The van der Waals surface area contributed by atoms with E-state index in [4.69, 9.17) is 14.2 Å². The third-order valence-corrected chi connectivity index (χ3v) is 4.82. The molecule has 2 N–H and O–H groups in total. The molecule has 9 heteroatoms. The van der Waals surface area contributed by atoms with E-state index in [0.717, 1.165) is 12.8 Å². The topological polar surface area (TPSA) is 120 Å². The minimum Gasteiger partial charge on any atom is -0.457 e. The van der Waals surface area contributed by atoms with Gasteiger partial charge >= 0.3 is 11.9 Å². The molecule has 188 valence electrons. The molecule has 0 saturated carbocycles. The molecule has 0 aliphatic rings. The Kier molecular flexibility index (Phi) is 10.7. The molecule has 35 heavy (non-hydrogen) atoms. The van der Waals surface area contributed by atoms with E-state index in [9.17, 15) is 19.2 Å². The molecule has 0 aliphatic carbocycles. The fourth-order valence-corrected chi connectivity index (χ4v) is 2.80. The maximum atomic E-state index is 12.3. The molecule has 2 rings (SSSR count). The average Bonchev–Trinajstić information content (AvgIpc) is 2.86. The van der Waals surface area contributed by atoms with Gasteiger partial charge in [-0.15, -0.1) is 0 Å². The molecular formula is C26H32N2O7.